The van der Waals surface area contributed by atoms with Gasteiger partial charge in [-0.25, -0.2) is 0 Å². The number of hydrogen-bond acceptors (Lipinski definition) is 3. The lowest BCUT2D eigenvalue weighted by Gasteiger charge is -2.30. The Morgan fingerprint density at radius 3 is 1.93 bits per heavy atom. The molecule has 0 radical (unpaired) electrons. The van der Waals surface area contributed by atoms with Crippen molar-refractivity contribution >= 4 is 0 Å². The molecule has 0 heterocycles. The SMILES string of the molecule is CC(C)C(CN(C)C)NC(C)C(C)O. The summed E-state index contributed by atoms with van der Waals surface area (Å²) in [5.41, 5.74) is 0. The fourth-order valence-electron chi connectivity index (χ4n) is 1.33. The fraction of sp³-hybridized carbons (Fsp3) is 1.00. The third kappa shape index (κ3) is 5.58. The van der Waals surface area contributed by atoms with Gasteiger partial charge >= 0.3 is 0 Å². The molecule has 86 valence electrons. The summed E-state index contributed by atoms with van der Waals surface area (Å²) in [7, 11) is 4.15. The first-order chi connectivity index (χ1) is 6.34. The van der Waals surface area contributed by atoms with Gasteiger partial charge in [0.05, 0.1) is 6.10 Å². The summed E-state index contributed by atoms with van der Waals surface area (Å²) in [6.45, 7) is 9.26. The van der Waals surface area contributed by atoms with Crippen LogP contribution in [0, 0.1) is 5.92 Å². The lowest BCUT2D eigenvalue weighted by molar-refractivity contribution is 0.134. The van der Waals surface area contributed by atoms with Crippen molar-refractivity contribution in [3.05, 3.63) is 0 Å². The summed E-state index contributed by atoms with van der Waals surface area (Å²) in [5.74, 6) is 0.582. The van der Waals surface area contributed by atoms with E-state index in [1.807, 2.05) is 13.8 Å². The number of nitrogens with one attached hydrogen (secondary N) is 1. The molecule has 3 nitrogen and oxygen atoms in total. The molecule has 0 aromatic carbocycles. The van der Waals surface area contributed by atoms with E-state index < -0.39 is 0 Å². The Morgan fingerprint density at radius 2 is 1.64 bits per heavy atom. The van der Waals surface area contributed by atoms with Crippen LogP contribution in [0.1, 0.15) is 27.7 Å². The van der Waals surface area contributed by atoms with E-state index in [0.29, 0.717) is 12.0 Å². The van der Waals surface area contributed by atoms with Crippen LogP contribution in [0.4, 0.5) is 0 Å². The summed E-state index contributed by atoms with van der Waals surface area (Å²) in [6.07, 6.45) is -0.293. The van der Waals surface area contributed by atoms with E-state index in [9.17, 15) is 5.11 Å². The van der Waals surface area contributed by atoms with E-state index in [1.165, 1.54) is 0 Å². The van der Waals surface area contributed by atoms with Crippen LogP contribution in [0.25, 0.3) is 0 Å². The lowest BCUT2D eigenvalue weighted by Crippen LogP contribution is -2.49. The number of rotatable bonds is 6. The number of likely N-dealkylation sites (N-methyl/N-ethyl adjacent to an activating group) is 1. The molecule has 0 aliphatic carbocycles. The zero-order valence-electron chi connectivity index (χ0n) is 10.4. The monoisotopic (exact) mass is 202 g/mol. The average molecular weight is 202 g/mol. The molecular weight excluding hydrogens is 176 g/mol. The summed E-state index contributed by atoms with van der Waals surface area (Å²) in [5, 5.41) is 12.9. The van der Waals surface area contributed by atoms with Crippen molar-refractivity contribution in [1.29, 1.82) is 0 Å². The molecule has 0 aliphatic rings. The first kappa shape index (κ1) is 13.9. The van der Waals surface area contributed by atoms with Gasteiger partial charge < -0.3 is 15.3 Å². The van der Waals surface area contributed by atoms with Gasteiger partial charge in [-0.05, 0) is 33.9 Å². The molecule has 2 N–H and O–H groups in total. The standard InChI is InChI=1S/C11H26N2O/c1-8(2)11(7-13(5)6)12-9(3)10(4)14/h8-12,14H,7H2,1-6H3. The molecule has 0 aliphatic heterocycles. The minimum absolute atomic E-state index is 0.155. The second-order valence-corrected chi connectivity index (χ2v) is 4.81. The highest BCUT2D eigenvalue weighted by atomic mass is 16.3. The normalized spacial score (nSPS) is 18.6. The van der Waals surface area contributed by atoms with Gasteiger partial charge in [-0.1, -0.05) is 13.8 Å². The van der Waals surface area contributed by atoms with E-state index in [-0.39, 0.29) is 12.1 Å². The molecule has 0 aromatic heterocycles. The van der Waals surface area contributed by atoms with E-state index in [2.05, 4.69) is 38.2 Å². The minimum Gasteiger partial charge on any atom is -0.392 e. The van der Waals surface area contributed by atoms with Crippen LogP contribution in [0.2, 0.25) is 0 Å². The lowest BCUT2D eigenvalue weighted by atomic mass is 10.0. The largest absolute Gasteiger partial charge is 0.392 e. The number of aliphatic hydroxyl groups is 1. The van der Waals surface area contributed by atoms with E-state index in [0.717, 1.165) is 6.54 Å². The van der Waals surface area contributed by atoms with Crippen LogP contribution in [0.3, 0.4) is 0 Å². The van der Waals surface area contributed by atoms with Gasteiger partial charge in [-0.15, -0.1) is 0 Å². The maximum atomic E-state index is 9.41. The zero-order valence-corrected chi connectivity index (χ0v) is 10.4. The molecule has 0 spiro atoms. The molecule has 14 heavy (non-hydrogen) atoms. The first-order valence-electron chi connectivity index (χ1n) is 5.43. The van der Waals surface area contributed by atoms with Crippen LogP contribution in [0.15, 0.2) is 0 Å². The molecule has 0 bridgehead atoms. The van der Waals surface area contributed by atoms with Crippen molar-refractivity contribution in [2.75, 3.05) is 20.6 Å². The Kier molecular flexibility index (Phi) is 6.33. The van der Waals surface area contributed by atoms with Crippen molar-refractivity contribution in [3.8, 4) is 0 Å². The highest BCUT2D eigenvalue weighted by Gasteiger charge is 2.18. The summed E-state index contributed by atoms with van der Waals surface area (Å²) < 4.78 is 0. The second kappa shape index (κ2) is 6.38. The predicted octanol–water partition coefficient (Wildman–Crippen LogP) is 0.932. The molecule has 3 unspecified atom stereocenters. The van der Waals surface area contributed by atoms with E-state index in [1.54, 1.807) is 0 Å². The predicted molar refractivity (Wildman–Crippen MR) is 61.5 cm³/mol. The van der Waals surface area contributed by atoms with Crippen LogP contribution >= 0.6 is 0 Å². The fourth-order valence-corrected chi connectivity index (χ4v) is 1.33. The molecule has 0 saturated heterocycles. The van der Waals surface area contributed by atoms with Gasteiger partial charge in [-0.3, -0.25) is 0 Å². The van der Waals surface area contributed by atoms with Crippen molar-refractivity contribution in [3.63, 3.8) is 0 Å². The van der Waals surface area contributed by atoms with Crippen LogP contribution in [-0.2, 0) is 0 Å². The summed E-state index contributed by atoms with van der Waals surface area (Å²) in [6, 6.07) is 0.594. The number of nitrogens with zero attached hydrogens (tertiary/aromatic N) is 1. The number of hydrogen-bond donors (Lipinski definition) is 2. The van der Waals surface area contributed by atoms with Crippen molar-refractivity contribution in [2.45, 2.75) is 45.9 Å². The van der Waals surface area contributed by atoms with Gasteiger partial charge in [0.2, 0.25) is 0 Å². The molecular formula is C11H26N2O. The van der Waals surface area contributed by atoms with Gasteiger partial charge in [0, 0.05) is 18.6 Å². The maximum Gasteiger partial charge on any atom is 0.0662 e. The van der Waals surface area contributed by atoms with Crippen LogP contribution in [-0.4, -0.2) is 48.8 Å². The smallest absolute Gasteiger partial charge is 0.0662 e. The highest BCUT2D eigenvalue weighted by molar-refractivity contribution is 4.78. The van der Waals surface area contributed by atoms with E-state index in [4.69, 9.17) is 0 Å². The first-order valence-corrected chi connectivity index (χ1v) is 5.43. The van der Waals surface area contributed by atoms with Crippen molar-refractivity contribution < 1.29 is 5.11 Å². The van der Waals surface area contributed by atoms with Crippen LogP contribution in [0.5, 0.6) is 0 Å². The van der Waals surface area contributed by atoms with Crippen molar-refractivity contribution in [2.24, 2.45) is 5.92 Å². The van der Waals surface area contributed by atoms with E-state index >= 15 is 0 Å². The zero-order chi connectivity index (χ0) is 11.3. The Hall–Kier alpha value is -0.120. The van der Waals surface area contributed by atoms with Crippen molar-refractivity contribution in [1.82, 2.24) is 10.2 Å². The molecule has 0 fully saturated rings. The quantitative estimate of drug-likeness (QED) is 0.672. The average Bonchev–Trinajstić information content (AvgIpc) is 2.01. The Labute approximate surface area is 88.5 Å². The highest BCUT2D eigenvalue weighted by Crippen LogP contribution is 2.05. The molecule has 0 rings (SSSR count). The van der Waals surface area contributed by atoms with Gasteiger partial charge in [0.15, 0.2) is 0 Å². The van der Waals surface area contributed by atoms with Gasteiger partial charge in [-0.2, -0.15) is 0 Å². The molecule has 3 heteroatoms. The molecule has 0 saturated carbocycles. The molecule has 0 aromatic rings. The summed E-state index contributed by atoms with van der Waals surface area (Å²) >= 11 is 0. The minimum atomic E-state index is -0.293. The Morgan fingerprint density at radius 1 is 1.14 bits per heavy atom. The molecule has 3 atom stereocenters. The third-order valence-corrected chi connectivity index (χ3v) is 2.57. The Bertz CT molecular complexity index is 146. The van der Waals surface area contributed by atoms with Crippen LogP contribution < -0.4 is 5.32 Å². The van der Waals surface area contributed by atoms with Gasteiger partial charge in [0.1, 0.15) is 0 Å². The van der Waals surface area contributed by atoms with Gasteiger partial charge in [0.25, 0.3) is 0 Å². The molecule has 0 amide bonds. The summed E-state index contributed by atoms with van der Waals surface area (Å²) in [4.78, 5) is 2.17. The Balaban J connectivity index is 4.09. The third-order valence-electron chi connectivity index (χ3n) is 2.57. The maximum absolute atomic E-state index is 9.41. The number of aliphatic hydroxyl groups excluding tert-OH is 1. The topological polar surface area (TPSA) is 35.5 Å². The second-order valence-electron chi connectivity index (χ2n) is 4.81.